The van der Waals surface area contributed by atoms with Gasteiger partial charge in [0.05, 0.1) is 18.5 Å². The molecule has 2 amide bonds. The van der Waals surface area contributed by atoms with Gasteiger partial charge in [-0.25, -0.2) is 4.79 Å². The largest absolute Gasteiger partial charge is 0.488 e. The van der Waals surface area contributed by atoms with E-state index in [2.05, 4.69) is 19.2 Å². The number of amides is 2. The minimum atomic E-state index is -0.524. The highest BCUT2D eigenvalue weighted by atomic mass is 16.6. The van der Waals surface area contributed by atoms with Crippen LogP contribution in [0.3, 0.4) is 0 Å². The molecule has 0 radical (unpaired) electrons. The molecule has 36 heavy (non-hydrogen) atoms. The standard InChI is InChI=1S/C29H37N3O4/c1-20(2)16-26(27(33)31-14-13-30)23-10-6-8-21(17-23)22-9-7-11-24(18-22)35-25-12-15-32(19-25)28(34)36-29(3,4)5/h6-11,17-18,20,25-26H,12,14-16,19H2,1-5H3,(H,31,33). The van der Waals surface area contributed by atoms with Gasteiger partial charge >= 0.3 is 6.09 Å². The molecule has 3 rings (SSSR count). The van der Waals surface area contributed by atoms with Crippen molar-refractivity contribution in [3.8, 4) is 22.9 Å². The number of benzene rings is 2. The molecule has 0 aliphatic carbocycles. The average molecular weight is 492 g/mol. The van der Waals surface area contributed by atoms with Gasteiger partial charge in [-0.2, -0.15) is 5.26 Å². The number of nitriles is 1. The molecule has 0 aromatic heterocycles. The van der Waals surface area contributed by atoms with Crippen LogP contribution in [0.5, 0.6) is 5.75 Å². The second-order valence-corrected chi connectivity index (χ2v) is 10.7. The fraction of sp³-hybridized carbons (Fsp3) is 0.483. The van der Waals surface area contributed by atoms with Gasteiger partial charge in [-0.1, -0.05) is 50.2 Å². The third-order valence-corrected chi connectivity index (χ3v) is 5.92. The van der Waals surface area contributed by atoms with Gasteiger partial charge in [-0.05, 0) is 61.9 Å². The van der Waals surface area contributed by atoms with E-state index in [9.17, 15) is 9.59 Å². The molecule has 1 saturated heterocycles. The Morgan fingerprint density at radius 1 is 1.14 bits per heavy atom. The molecular formula is C29H37N3O4. The van der Waals surface area contributed by atoms with Crippen molar-refractivity contribution in [3.63, 3.8) is 0 Å². The van der Waals surface area contributed by atoms with Gasteiger partial charge < -0.3 is 19.7 Å². The first-order valence-corrected chi connectivity index (χ1v) is 12.6. The van der Waals surface area contributed by atoms with Crippen molar-refractivity contribution < 1.29 is 19.1 Å². The number of hydrogen-bond acceptors (Lipinski definition) is 5. The second-order valence-electron chi connectivity index (χ2n) is 10.7. The van der Waals surface area contributed by atoms with Gasteiger partial charge in [-0.15, -0.1) is 0 Å². The SMILES string of the molecule is CC(C)CC(C(=O)NCC#N)c1cccc(-c2cccc(OC3CCN(C(=O)OC(C)(C)C)C3)c2)c1. The van der Waals surface area contributed by atoms with Gasteiger partial charge in [0.15, 0.2) is 0 Å². The maximum absolute atomic E-state index is 12.8. The highest BCUT2D eigenvalue weighted by Gasteiger charge is 2.31. The summed E-state index contributed by atoms with van der Waals surface area (Å²) < 4.78 is 11.7. The van der Waals surface area contributed by atoms with E-state index in [1.165, 1.54) is 0 Å². The molecule has 1 aliphatic heterocycles. The van der Waals surface area contributed by atoms with Crippen molar-refractivity contribution >= 4 is 12.0 Å². The van der Waals surface area contributed by atoms with Crippen LogP contribution in [0.1, 0.15) is 58.9 Å². The van der Waals surface area contributed by atoms with E-state index in [-0.39, 0.29) is 30.6 Å². The summed E-state index contributed by atoms with van der Waals surface area (Å²) >= 11 is 0. The molecule has 2 unspecified atom stereocenters. The molecule has 2 atom stereocenters. The highest BCUT2D eigenvalue weighted by molar-refractivity contribution is 5.84. The number of carbonyl (C=O) groups is 2. The maximum Gasteiger partial charge on any atom is 0.410 e. The molecule has 0 saturated carbocycles. The summed E-state index contributed by atoms with van der Waals surface area (Å²) in [5.41, 5.74) is 2.37. The Bertz CT molecular complexity index is 1100. The van der Waals surface area contributed by atoms with Gasteiger partial charge in [0.2, 0.25) is 5.91 Å². The third-order valence-electron chi connectivity index (χ3n) is 5.92. The van der Waals surface area contributed by atoms with Crippen molar-refractivity contribution in [2.75, 3.05) is 19.6 Å². The van der Waals surface area contributed by atoms with E-state index in [0.717, 1.165) is 28.9 Å². The van der Waals surface area contributed by atoms with Crippen LogP contribution in [0, 0.1) is 17.2 Å². The van der Waals surface area contributed by atoms with Crippen molar-refractivity contribution in [3.05, 3.63) is 54.1 Å². The number of carbonyl (C=O) groups excluding carboxylic acids is 2. The monoisotopic (exact) mass is 491 g/mol. The number of hydrogen-bond donors (Lipinski definition) is 1. The lowest BCUT2D eigenvalue weighted by molar-refractivity contribution is -0.122. The van der Waals surface area contributed by atoms with Gasteiger partial charge in [-0.3, -0.25) is 4.79 Å². The van der Waals surface area contributed by atoms with Crippen LogP contribution in [0.15, 0.2) is 48.5 Å². The number of nitrogens with zero attached hydrogens (tertiary/aromatic N) is 2. The first-order valence-electron chi connectivity index (χ1n) is 12.6. The zero-order valence-electron chi connectivity index (χ0n) is 21.9. The summed E-state index contributed by atoms with van der Waals surface area (Å²) in [4.78, 5) is 26.8. The molecule has 1 aliphatic rings. The van der Waals surface area contributed by atoms with Crippen LogP contribution < -0.4 is 10.1 Å². The number of rotatable bonds is 8. The van der Waals surface area contributed by atoms with E-state index >= 15 is 0 Å². The van der Waals surface area contributed by atoms with Crippen LogP contribution in [0.4, 0.5) is 4.79 Å². The van der Waals surface area contributed by atoms with E-state index in [0.29, 0.717) is 25.4 Å². The molecule has 0 spiro atoms. The van der Waals surface area contributed by atoms with Crippen LogP contribution in [0.25, 0.3) is 11.1 Å². The average Bonchev–Trinajstić information content (AvgIpc) is 3.29. The quantitative estimate of drug-likeness (QED) is 0.492. The Hall–Kier alpha value is -3.53. The lowest BCUT2D eigenvalue weighted by Crippen LogP contribution is -2.36. The van der Waals surface area contributed by atoms with E-state index < -0.39 is 5.60 Å². The Morgan fingerprint density at radius 3 is 2.50 bits per heavy atom. The van der Waals surface area contributed by atoms with Gasteiger partial charge in [0, 0.05) is 13.0 Å². The molecule has 1 heterocycles. The van der Waals surface area contributed by atoms with Crippen LogP contribution >= 0.6 is 0 Å². The molecule has 192 valence electrons. The van der Waals surface area contributed by atoms with Gasteiger partial charge in [0.1, 0.15) is 24.0 Å². The first-order chi connectivity index (χ1) is 17.1. The minimum absolute atomic E-state index is 0.000966. The molecule has 2 aromatic carbocycles. The topological polar surface area (TPSA) is 91.7 Å². The maximum atomic E-state index is 12.8. The molecule has 2 aromatic rings. The number of nitrogens with one attached hydrogen (secondary N) is 1. The fourth-order valence-corrected chi connectivity index (χ4v) is 4.31. The predicted octanol–water partition coefficient (Wildman–Crippen LogP) is 5.51. The predicted molar refractivity (Wildman–Crippen MR) is 140 cm³/mol. The normalized spacial score (nSPS) is 16.4. The summed E-state index contributed by atoms with van der Waals surface area (Å²) in [7, 11) is 0. The Kier molecular flexibility index (Phi) is 8.98. The van der Waals surface area contributed by atoms with E-state index in [1.54, 1.807) is 4.90 Å². The van der Waals surface area contributed by atoms with E-state index in [4.69, 9.17) is 14.7 Å². The zero-order valence-corrected chi connectivity index (χ0v) is 21.9. The Labute approximate surface area is 214 Å². The number of ether oxygens (including phenoxy) is 2. The molecule has 0 bridgehead atoms. The number of likely N-dealkylation sites (tertiary alicyclic amines) is 1. The Balaban J connectivity index is 1.73. The summed E-state index contributed by atoms with van der Waals surface area (Å²) in [6, 6.07) is 17.8. The van der Waals surface area contributed by atoms with Crippen LogP contribution in [-0.4, -0.2) is 48.2 Å². The summed E-state index contributed by atoms with van der Waals surface area (Å²) in [5.74, 6) is 0.611. The summed E-state index contributed by atoms with van der Waals surface area (Å²) in [6.45, 7) is 10.8. The van der Waals surface area contributed by atoms with Crippen molar-refractivity contribution in [1.82, 2.24) is 10.2 Å². The zero-order chi connectivity index (χ0) is 26.3. The third kappa shape index (κ3) is 7.74. The molecule has 7 heteroatoms. The molecular weight excluding hydrogens is 454 g/mol. The minimum Gasteiger partial charge on any atom is -0.488 e. The van der Waals surface area contributed by atoms with Crippen LogP contribution in [-0.2, 0) is 9.53 Å². The van der Waals surface area contributed by atoms with E-state index in [1.807, 2.05) is 75.4 Å². The fourth-order valence-electron chi connectivity index (χ4n) is 4.31. The molecule has 1 fully saturated rings. The van der Waals surface area contributed by atoms with Crippen molar-refractivity contribution in [2.24, 2.45) is 5.92 Å². The second kappa shape index (κ2) is 11.9. The highest BCUT2D eigenvalue weighted by Crippen LogP contribution is 2.31. The molecule has 7 nitrogen and oxygen atoms in total. The summed E-state index contributed by atoms with van der Waals surface area (Å²) in [5, 5.41) is 11.6. The van der Waals surface area contributed by atoms with Crippen molar-refractivity contribution in [2.45, 2.75) is 65.1 Å². The smallest absolute Gasteiger partial charge is 0.410 e. The summed E-state index contributed by atoms with van der Waals surface area (Å²) in [6.07, 6.45) is 1.03. The van der Waals surface area contributed by atoms with Crippen LogP contribution in [0.2, 0.25) is 0 Å². The van der Waals surface area contributed by atoms with Crippen molar-refractivity contribution in [1.29, 1.82) is 5.26 Å². The lowest BCUT2D eigenvalue weighted by Gasteiger charge is -2.24. The first kappa shape index (κ1) is 27.1. The van der Waals surface area contributed by atoms with Gasteiger partial charge in [0.25, 0.3) is 0 Å². The lowest BCUT2D eigenvalue weighted by atomic mass is 9.88. The Morgan fingerprint density at radius 2 is 1.83 bits per heavy atom. The molecule has 1 N–H and O–H groups in total.